The predicted octanol–water partition coefficient (Wildman–Crippen LogP) is 4.60. The van der Waals surface area contributed by atoms with E-state index in [1.54, 1.807) is 0 Å². The van der Waals surface area contributed by atoms with Crippen LogP contribution in [-0.4, -0.2) is 31.2 Å². The fourth-order valence-corrected chi connectivity index (χ4v) is 3.20. The molecule has 0 radical (unpaired) electrons. The van der Waals surface area contributed by atoms with E-state index in [2.05, 4.69) is 5.32 Å². The number of alkyl halides is 6. The van der Waals surface area contributed by atoms with E-state index >= 15 is 0 Å². The second-order valence-corrected chi connectivity index (χ2v) is 6.87. The molecule has 1 saturated heterocycles. The van der Waals surface area contributed by atoms with Gasteiger partial charge in [0.25, 0.3) is 0 Å². The first-order chi connectivity index (χ1) is 14.5. The van der Waals surface area contributed by atoms with Crippen LogP contribution in [0.2, 0.25) is 0 Å². The fraction of sp³-hybridized carbons (Fsp3) is 0.400. The van der Waals surface area contributed by atoms with Crippen molar-refractivity contribution >= 4 is 0 Å². The first-order valence-electron chi connectivity index (χ1n) is 9.15. The number of hydrogen-bond donors (Lipinski definition) is 2. The van der Waals surface area contributed by atoms with Crippen molar-refractivity contribution < 1.29 is 45.3 Å². The SMILES string of the molecule is OC[C@H](OC1OCCNC1c1ccc(F)cc1)c1cc(C(F)(F)F)cc(C(F)(F)F)c1. The van der Waals surface area contributed by atoms with E-state index in [4.69, 9.17) is 9.47 Å². The van der Waals surface area contributed by atoms with Crippen LogP contribution in [0, 0.1) is 5.82 Å². The molecule has 0 aliphatic carbocycles. The Balaban J connectivity index is 1.92. The van der Waals surface area contributed by atoms with Gasteiger partial charge in [0.15, 0.2) is 6.29 Å². The molecule has 1 fully saturated rings. The molecule has 3 atom stereocenters. The summed E-state index contributed by atoms with van der Waals surface area (Å²) in [6.45, 7) is -0.362. The van der Waals surface area contributed by atoms with Gasteiger partial charge in [-0.1, -0.05) is 12.1 Å². The molecule has 31 heavy (non-hydrogen) atoms. The number of morpholine rings is 1. The maximum atomic E-state index is 13.2. The van der Waals surface area contributed by atoms with Crippen molar-refractivity contribution in [3.8, 4) is 0 Å². The largest absolute Gasteiger partial charge is 0.416 e. The van der Waals surface area contributed by atoms with Crippen molar-refractivity contribution in [3.63, 3.8) is 0 Å². The minimum absolute atomic E-state index is 0.00207. The summed E-state index contributed by atoms with van der Waals surface area (Å²) < 4.78 is 103. The Morgan fingerprint density at radius 1 is 1.00 bits per heavy atom. The highest BCUT2D eigenvalue weighted by molar-refractivity contribution is 5.35. The third kappa shape index (κ3) is 5.73. The summed E-state index contributed by atoms with van der Waals surface area (Å²) in [6.07, 6.45) is -12.7. The minimum Gasteiger partial charge on any atom is -0.393 e. The van der Waals surface area contributed by atoms with Gasteiger partial charge in [0, 0.05) is 6.54 Å². The summed E-state index contributed by atoms with van der Waals surface area (Å²) in [5.74, 6) is -0.491. The number of rotatable bonds is 5. The normalized spacial score (nSPS) is 21.2. The monoisotopic (exact) mass is 453 g/mol. The molecule has 0 spiro atoms. The first kappa shape index (κ1) is 23.5. The lowest BCUT2D eigenvalue weighted by atomic mass is 10.0. The van der Waals surface area contributed by atoms with Crippen LogP contribution in [0.3, 0.4) is 0 Å². The molecule has 0 amide bonds. The lowest BCUT2D eigenvalue weighted by Crippen LogP contribution is -2.44. The molecule has 170 valence electrons. The van der Waals surface area contributed by atoms with Crippen molar-refractivity contribution in [3.05, 3.63) is 70.5 Å². The Labute approximate surface area is 172 Å². The summed E-state index contributed by atoms with van der Waals surface area (Å²) in [6, 6.07) is 5.58. The van der Waals surface area contributed by atoms with E-state index in [0.717, 1.165) is 0 Å². The van der Waals surface area contributed by atoms with Gasteiger partial charge >= 0.3 is 12.4 Å². The molecule has 1 heterocycles. The molecule has 2 aromatic carbocycles. The van der Waals surface area contributed by atoms with Crippen molar-refractivity contribution in [2.24, 2.45) is 0 Å². The molecule has 1 aliphatic heterocycles. The van der Waals surface area contributed by atoms with Crippen LogP contribution in [-0.2, 0) is 21.8 Å². The van der Waals surface area contributed by atoms with Crippen molar-refractivity contribution in [2.45, 2.75) is 30.8 Å². The number of aliphatic hydroxyl groups excluding tert-OH is 1. The van der Waals surface area contributed by atoms with E-state index < -0.39 is 59.9 Å². The standard InChI is InChI=1S/C20H18F7NO3/c21-15-3-1-11(2-4-15)17-18(30-6-5-28-17)31-16(10-29)12-7-13(19(22,23)24)9-14(8-12)20(25,26)27/h1-4,7-9,16-18,28-29H,5-6,10H2/t16-,17?,18?/m0/s1. The second kappa shape index (κ2) is 9.11. The molecule has 4 nitrogen and oxygen atoms in total. The summed E-state index contributed by atoms with van der Waals surface area (Å²) >= 11 is 0. The van der Waals surface area contributed by atoms with Gasteiger partial charge in [0.2, 0.25) is 0 Å². The quantitative estimate of drug-likeness (QED) is 0.650. The lowest BCUT2D eigenvalue weighted by Gasteiger charge is -2.35. The average Bonchev–Trinajstić information content (AvgIpc) is 2.71. The molecule has 1 aliphatic rings. The van der Waals surface area contributed by atoms with Gasteiger partial charge in [0.1, 0.15) is 11.9 Å². The predicted molar refractivity (Wildman–Crippen MR) is 94.2 cm³/mol. The zero-order valence-electron chi connectivity index (χ0n) is 15.8. The van der Waals surface area contributed by atoms with Gasteiger partial charge in [-0.05, 0) is 41.5 Å². The lowest BCUT2D eigenvalue weighted by molar-refractivity contribution is -0.209. The highest BCUT2D eigenvalue weighted by Crippen LogP contribution is 2.38. The molecule has 11 heteroatoms. The van der Waals surface area contributed by atoms with Gasteiger partial charge in [-0.25, -0.2) is 4.39 Å². The molecule has 2 N–H and O–H groups in total. The van der Waals surface area contributed by atoms with Crippen LogP contribution in [0.1, 0.15) is 34.4 Å². The summed E-state index contributed by atoms with van der Waals surface area (Å²) in [4.78, 5) is 0. The van der Waals surface area contributed by atoms with E-state index in [9.17, 15) is 35.8 Å². The molecule has 0 bridgehead atoms. The summed E-state index contributed by atoms with van der Waals surface area (Å²) in [7, 11) is 0. The van der Waals surface area contributed by atoms with Crippen molar-refractivity contribution in [2.75, 3.05) is 19.8 Å². The Hall–Kier alpha value is -2.21. The van der Waals surface area contributed by atoms with Crippen molar-refractivity contribution in [1.82, 2.24) is 5.32 Å². The summed E-state index contributed by atoms with van der Waals surface area (Å²) in [5.41, 5.74) is -3.01. The van der Waals surface area contributed by atoms with E-state index in [1.165, 1.54) is 24.3 Å². The molecule has 3 rings (SSSR count). The molecule has 0 aromatic heterocycles. The molecule has 0 saturated carbocycles. The zero-order chi connectivity index (χ0) is 22.8. The van der Waals surface area contributed by atoms with Crippen LogP contribution in [0.25, 0.3) is 0 Å². The van der Waals surface area contributed by atoms with Crippen LogP contribution in [0.4, 0.5) is 30.7 Å². The van der Waals surface area contributed by atoms with Crippen LogP contribution >= 0.6 is 0 Å². The second-order valence-electron chi connectivity index (χ2n) is 6.87. The zero-order valence-corrected chi connectivity index (χ0v) is 15.8. The Morgan fingerprint density at radius 2 is 1.58 bits per heavy atom. The smallest absolute Gasteiger partial charge is 0.393 e. The molecular formula is C20H18F7NO3. The molecule has 2 aromatic rings. The number of aliphatic hydroxyl groups is 1. The topological polar surface area (TPSA) is 50.7 Å². The number of benzene rings is 2. The average molecular weight is 453 g/mol. The van der Waals surface area contributed by atoms with Crippen LogP contribution < -0.4 is 5.32 Å². The number of nitrogens with one attached hydrogen (secondary N) is 1. The van der Waals surface area contributed by atoms with Gasteiger partial charge in [-0.15, -0.1) is 0 Å². The van der Waals surface area contributed by atoms with E-state index in [-0.39, 0.29) is 12.7 Å². The third-order valence-corrected chi connectivity index (χ3v) is 4.70. The maximum absolute atomic E-state index is 13.2. The molecule has 2 unspecified atom stereocenters. The molecular weight excluding hydrogens is 435 g/mol. The Bertz CT molecular complexity index is 852. The van der Waals surface area contributed by atoms with Gasteiger partial charge in [0.05, 0.1) is 30.4 Å². The minimum atomic E-state index is -5.03. The number of hydrogen-bond acceptors (Lipinski definition) is 4. The van der Waals surface area contributed by atoms with E-state index in [0.29, 0.717) is 24.2 Å². The fourth-order valence-electron chi connectivity index (χ4n) is 3.20. The first-order valence-corrected chi connectivity index (χ1v) is 9.15. The third-order valence-electron chi connectivity index (χ3n) is 4.70. The van der Waals surface area contributed by atoms with E-state index in [1.807, 2.05) is 0 Å². The number of halogens is 7. The van der Waals surface area contributed by atoms with Crippen molar-refractivity contribution in [1.29, 1.82) is 0 Å². The Kier molecular flexibility index (Phi) is 6.89. The Morgan fingerprint density at radius 3 is 2.10 bits per heavy atom. The van der Waals surface area contributed by atoms with Crippen LogP contribution in [0.15, 0.2) is 42.5 Å². The van der Waals surface area contributed by atoms with Crippen LogP contribution in [0.5, 0.6) is 0 Å². The van der Waals surface area contributed by atoms with Gasteiger partial charge in [-0.2, -0.15) is 26.3 Å². The highest BCUT2D eigenvalue weighted by atomic mass is 19.4. The summed E-state index contributed by atoms with van der Waals surface area (Å²) in [5, 5.41) is 12.7. The maximum Gasteiger partial charge on any atom is 0.416 e. The highest BCUT2D eigenvalue weighted by Gasteiger charge is 2.38. The van der Waals surface area contributed by atoms with Gasteiger partial charge < -0.3 is 19.9 Å². The number of ether oxygens (including phenoxy) is 2. The van der Waals surface area contributed by atoms with Gasteiger partial charge in [-0.3, -0.25) is 0 Å².